The van der Waals surface area contributed by atoms with Crippen molar-refractivity contribution in [2.24, 2.45) is 5.92 Å². The Kier molecular flexibility index (Phi) is 3.69. The van der Waals surface area contributed by atoms with Gasteiger partial charge in [-0.25, -0.2) is 4.79 Å². The Balaban J connectivity index is 2.52. The van der Waals surface area contributed by atoms with Crippen molar-refractivity contribution >= 4 is 22.6 Å². The molecule has 0 aliphatic heterocycles. The molecule has 0 saturated carbocycles. The average molecular weight is 258 g/mol. The molecule has 0 atom stereocenters. The van der Waals surface area contributed by atoms with Crippen molar-refractivity contribution in [3.63, 3.8) is 0 Å². The van der Waals surface area contributed by atoms with Gasteiger partial charge in [-0.1, -0.05) is 13.8 Å². The molecule has 0 amide bonds. The molecule has 0 aliphatic rings. The monoisotopic (exact) mass is 258 g/mol. The molecular weight excluding hydrogens is 240 g/mol. The summed E-state index contributed by atoms with van der Waals surface area (Å²) < 4.78 is 0. The predicted molar refractivity (Wildman–Crippen MR) is 76.8 cm³/mol. The number of fused-ring (bicyclic) bond motifs is 1. The van der Waals surface area contributed by atoms with Crippen LogP contribution in [0.25, 0.3) is 10.9 Å². The van der Waals surface area contributed by atoms with Gasteiger partial charge in [-0.15, -0.1) is 0 Å². The number of anilines is 1. The molecule has 1 aromatic carbocycles. The molecule has 0 spiro atoms. The van der Waals surface area contributed by atoms with Crippen LogP contribution >= 0.6 is 0 Å². The minimum absolute atomic E-state index is 0.283. The Labute approximate surface area is 112 Å². The van der Waals surface area contributed by atoms with Gasteiger partial charge in [0.25, 0.3) is 0 Å². The molecule has 4 heteroatoms. The van der Waals surface area contributed by atoms with Crippen molar-refractivity contribution < 1.29 is 9.90 Å². The number of carbonyl (C=O) groups is 1. The molecule has 0 fully saturated rings. The highest BCUT2D eigenvalue weighted by molar-refractivity contribution is 5.98. The third-order valence-electron chi connectivity index (χ3n) is 2.88. The minimum atomic E-state index is -0.919. The number of pyridine rings is 1. The van der Waals surface area contributed by atoms with Crippen LogP contribution in [0.15, 0.2) is 24.3 Å². The number of rotatable bonds is 4. The van der Waals surface area contributed by atoms with Crippen molar-refractivity contribution in [1.29, 1.82) is 0 Å². The molecule has 1 heterocycles. The highest BCUT2D eigenvalue weighted by atomic mass is 16.4. The van der Waals surface area contributed by atoms with Gasteiger partial charge < -0.3 is 10.4 Å². The standard InChI is InChI=1S/C15H18N2O2/c1-9(2)8-16-14-6-10(3)17-13-5-4-11(15(18)19)7-12(13)14/h4-7,9H,8H2,1-3H3,(H,16,17)(H,18,19). The number of hydrogen-bond donors (Lipinski definition) is 2. The largest absolute Gasteiger partial charge is 0.478 e. The Bertz CT molecular complexity index is 621. The van der Waals surface area contributed by atoms with Crippen LogP contribution < -0.4 is 5.32 Å². The maximum Gasteiger partial charge on any atom is 0.335 e. The number of aryl methyl sites for hydroxylation is 1. The van der Waals surface area contributed by atoms with Gasteiger partial charge in [0, 0.05) is 23.3 Å². The summed E-state index contributed by atoms with van der Waals surface area (Å²) in [7, 11) is 0. The highest BCUT2D eigenvalue weighted by Crippen LogP contribution is 2.24. The fraction of sp³-hybridized carbons (Fsp3) is 0.333. The van der Waals surface area contributed by atoms with E-state index in [2.05, 4.69) is 24.1 Å². The van der Waals surface area contributed by atoms with Crippen molar-refractivity contribution in [3.8, 4) is 0 Å². The summed E-state index contributed by atoms with van der Waals surface area (Å²) in [6.07, 6.45) is 0. The van der Waals surface area contributed by atoms with Crippen LogP contribution in [0.4, 0.5) is 5.69 Å². The Morgan fingerprint density at radius 2 is 2.11 bits per heavy atom. The van der Waals surface area contributed by atoms with E-state index in [9.17, 15) is 4.79 Å². The van der Waals surface area contributed by atoms with Crippen LogP contribution in [0.1, 0.15) is 29.9 Å². The van der Waals surface area contributed by atoms with Crippen LogP contribution in [0.2, 0.25) is 0 Å². The van der Waals surface area contributed by atoms with Crippen molar-refractivity contribution in [1.82, 2.24) is 4.98 Å². The third kappa shape index (κ3) is 3.02. The molecule has 0 bridgehead atoms. The topological polar surface area (TPSA) is 62.2 Å². The van der Waals surface area contributed by atoms with E-state index >= 15 is 0 Å². The zero-order valence-electron chi connectivity index (χ0n) is 11.4. The van der Waals surface area contributed by atoms with Gasteiger partial charge in [0.05, 0.1) is 11.1 Å². The van der Waals surface area contributed by atoms with Gasteiger partial charge in [0.1, 0.15) is 0 Å². The molecule has 100 valence electrons. The second kappa shape index (κ2) is 5.26. The summed E-state index contributed by atoms with van der Waals surface area (Å²) in [5, 5.41) is 13.3. The number of nitrogens with one attached hydrogen (secondary N) is 1. The quantitative estimate of drug-likeness (QED) is 0.883. The van der Waals surface area contributed by atoms with Crippen molar-refractivity contribution in [3.05, 3.63) is 35.5 Å². The molecule has 0 aliphatic carbocycles. The van der Waals surface area contributed by atoms with Crippen LogP contribution in [-0.2, 0) is 0 Å². The molecule has 4 nitrogen and oxygen atoms in total. The molecular formula is C15H18N2O2. The van der Waals surface area contributed by atoms with Gasteiger partial charge in [0.2, 0.25) is 0 Å². The molecule has 2 N–H and O–H groups in total. The Hall–Kier alpha value is -2.10. The normalized spacial score (nSPS) is 10.9. The second-order valence-electron chi connectivity index (χ2n) is 5.12. The van der Waals surface area contributed by atoms with Crippen LogP contribution in [0.5, 0.6) is 0 Å². The fourth-order valence-corrected chi connectivity index (χ4v) is 1.95. The lowest BCUT2D eigenvalue weighted by atomic mass is 10.1. The molecule has 2 rings (SSSR count). The van der Waals surface area contributed by atoms with E-state index in [0.717, 1.165) is 28.8 Å². The molecule has 0 radical (unpaired) electrons. The first-order valence-electron chi connectivity index (χ1n) is 6.36. The summed E-state index contributed by atoms with van der Waals surface area (Å²) in [4.78, 5) is 15.5. The summed E-state index contributed by atoms with van der Waals surface area (Å²) in [6.45, 7) is 7.04. The number of aromatic nitrogens is 1. The van der Waals surface area contributed by atoms with Gasteiger partial charge in [-0.2, -0.15) is 0 Å². The molecule has 0 saturated heterocycles. The summed E-state index contributed by atoms with van der Waals surface area (Å²) in [5.74, 6) is -0.400. The van der Waals surface area contributed by atoms with Crippen molar-refractivity contribution in [2.75, 3.05) is 11.9 Å². The fourth-order valence-electron chi connectivity index (χ4n) is 1.95. The van der Waals surface area contributed by atoms with E-state index in [0.29, 0.717) is 5.92 Å². The average Bonchev–Trinajstić information content (AvgIpc) is 2.35. The van der Waals surface area contributed by atoms with E-state index < -0.39 is 5.97 Å². The predicted octanol–water partition coefficient (Wildman–Crippen LogP) is 3.31. The number of nitrogens with zero attached hydrogens (tertiary/aromatic N) is 1. The maximum absolute atomic E-state index is 11.0. The third-order valence-corrected chi connectivity index (χ3v) is 2.88. The number of benzene rings is 1. The SMILES string of the molecule is Cc1cc(NCC(C)C)c2cc(C(=O)O)ccc2n1. The number of carboxylic acids is 1. The first kappa shape index (κ1) is 13.3. The highest BCUT2D eigenvalue weighted by Gasteiger charge is 2.09. The van der Waals surface area contributed by atoms with E-state index in [1.165, 1.54) is 0 Å². The smallest absolute Gasteiger partial charge is 0.335 e. The number of hydrogen-bond acceptors (Lipinski definition) is 3. The summed E-state index contributed by atoms with van der Waals surface area (Å²) in [5.41, 5.74) is 2.96. The zero-order chi connectivity index (χ0) is 14.0. The van der Waals surface area contributed by atoms with Crippen LogP contribution in [-0.4, -0.2) is 22.6 Å². The van der Waals surface area contributed by atoms with Gasteiger partial charge in [0.15, 0.2) is 0 Å². The molecule has 2 aromatic rings. The lowest BCUT2D eigenvalue weighted by Crippen LogP contribution is -2.09. The Morgan fingerprint density at radius 3 is 2.74 bits per heavy atom. The van der Waals surface area contributed by atoms with Crippen LogP contribution in [0, 0.1) is 12.8 Å². The first-order chi connectivity index (χ1) is 8.97. The summed E-state index contributed by atoms with van der Waals surface area (Å²) in [6, 6.07) is 6.97. The van der Waals surface area contributed by atoms with Crippen LogP contribution in [0.3, 0.4) is 0 Å². The zero-order valence-corrected chi connectivity index (χ0v) is 11.4. The van der Waals surface area contributed by atoms with E-state index in [1.54, 1.807) is 18.2 Å². The second-order valence-corrected chi connectivity index (χ2v) is 5.12. The van der Waals surface area contributed by atoms with Gasteiger partial charge in [-0.05, 0) is 37.1 Å². The van der Waals surface area contributed by atoms with Gasteiger partial charge >= 0.3 is 5.97 Å². The molecule has 19 heavy (non-hydrogen) atoms. The lowest BCUT2D eigenvalue weighted by molar-refractivity contribution is 0.0697. The first-order valence-corrected chi connectivity index (χ1v) is 6.36. The number of aromatic carboxylic acids is 1. The molecule has 1 aromatic heterocycles. The Morgan fingerprint density at radius 1 is 1.37 bits per heavy atom. The van der Waals surface area contributed by atoms with E-state index in [-0.39, 0.29) is 5.56 Å². The lowest BCUT2D eigenvalue weighted by Gasteiger charge is -2.13. The summed E-state index contributed by atoms with van der Waals surface area (Å²) >= 11 is 0. The minimum Gasteiger partial charge on any atom is -0.478 e. The van der Waals surface area contributed by atoms with E-state index in [4.69, 9.17) is 5.11 Å². The molecule has 0 unspecified atom stereocenters. The number of carboxylic acid groups (broad SMARTS) is 1. The van der Waals surface area contributed by atoms with Gasteiger partial charge in [-0.3, -0.25) is 4.98 Å². The maximum atomic E-state index is 11.0. The van der Waals surface area contributed by atoms with Crippen molar-refractivity contribution in [2.45, 2.75) is 20.8 Å². The van der Waals surface area contributed by atoms with E-state index in [1.807, 2.05) is 13.0 Å².